The van der Waals surface area contributed by atoms with E-state index in [1.807, 2.05) is 0 Å². The van der Waals surface area contributed by atoms with Crippen LogP contribution in [0.5, 0.6) is 0 Å². The average molecular weight is 326 g/mol. The average Bonchev–Trinajstić information content (AvgIpc) is 2.46. The minimum Gasteiger partial charge on any atom is -0.340 e. The monoisotopic (exact) mass is 325 g/mol. The van der Waals surface area contributed by atoms with Crippen molar-refractivity contribution in [3.05, 3.63) is 0 Å². The molecule has 4 nitrogen and oxygen atoms in total. The first-order valence-corrected chi connectivity index (χ1v) is 9.38. The van der Waals surface area contributed by atoms with Gasteiger partial charge in [-0.15, -0.1) is 0 Å². The van der Waals surface area contributed by atoms with Crippen molar-refractivity contribution >= 4 is 5.91 Å². The van der Waals surface area contributed by atoms with Crippen molar-refractivity contribution in [2.45, 2.75) is 60.9 Å². The van der Waals surface area contributed by atoms with Gasteiger partial charge in [0.15, 0.2) is 0 Å². The molecule has 1 atom stereocenters. The van der Waals surface area contributed by atoms with Gasteiger partial charge in [0, 0.05) is 50.7 Å². The third-order valence-electron chi connectivity index (χ3n) is 5.19. The Bertz CT molecular complexity index is 358. The van der Waals surface area contributed by atoms with Gasteiger partial charge in [-0.1, -0.05) is 48.5 Å². The Hall–Kier alpha value is -0.610. The van der Waals surface area contributed by atoms with E-state index in [-0.39, 0.29) is 5.41 Å². The van der Waals surface area contributed by atoms with Crippen LogP contribution in [-0.2, 0) is 4.79 Å². The van der Waals surface area contributed by atoms with Crippen molar-refractivity contribution in [1.29, 1.82) is 0 Å². The van der Waals surface area contributed by atoms with Crippen LogP contribution in [0.25, 0.3) is 0 Å². The summed E-state index contributed by atoms with van der Waals surface area (Å²) < 4.78 is 0. The van der Waals surface area contributed by atoms with Crippen molar-refractivity contribution in [2.75, 3.05) is 39.3 Å². The van der Waals surface area contributed by atoms with Gasteiger partial charge in [0.2, 0.25) is 5.91 Å². The van der Waals surface area contributed by atoms with Gasteiger partial charge in [0.25, 0.3) is 0 Å². The quantitative estimate of drug-likeness (QED) is 0.745. The van der Waals surface area contributed by atoms with Gasteiger partial charge in [-0.05, 0) is 18.3 Å². The van der Waals surface area contributed by atoms with Crippen molar-refractivity contribution < 1.29 is 4.79 Å². The molecule has 0 aromatic heterocycles. The zero-order chi connectivity index (χ0) is 17.6. The van der Waals surface area contributed by atoms with Crippen LogP contribution in [0, 0.1) is 17.3 Å². The van der Waals surface area contributed by atoms with Gasteiger partial charge in [0.1, 0.15) is 0 Å². The second-order valence-corrected chi connectivity index (χ2v) is 8.55. The van der Waals surface area contributed by atoms with E-state index in [9.17, 15) is 4.79 Å². The molecule has 1 rings (SSSR count). The van der Waals surface area contributed by atoms with Crippen LogP contribution in [0.2, 0.25) is 0 Å². The van der Waals surface area contributed by atoms with E-state index in [4.69, 9.17) is 0 Å². The second kappa shape index (κ2) is 9.03. The normalized spacial score (nSPS) is 18.7. The first-order chi connectivity index (χ1) is 10.6. The smallest absolute Gasteiger partial charge is 0.228 e. The third kappa shape index (κ3) is 6.80. The largest absolute Gasteiger partial charge is 0.340 e. The lowest BCUT2D eigenvalue weighted by molar-refractivity contribution is -0.143. The topological polar surface area (TPSA) is 35.6 Å². The summed E-state index contributed by atoms with van der Waals surface area (Å²) in [5, 5.41) is 3.46. The lowest BCUT2D eigenvalue weighted by Gasteiger charge is -2.39. The highest BCUT2D eigenvalue weighted by atomic mass is 16.2. The SMILES string of the molecule is CC(C)NCCN1CCN(C(=O)C(C)(C)CC(C)C(C)C)CC1. The maximum absolute atomic E-state index is 12.9. The molecule has 0 aromatic rings. The summed E-state index contributed by atoms with van der Waals surface area (Å²) in [4.78, 5) is 17.4. The van der Waals surface area contributed by atoms with Crippen LogP contribution >= 0.6 is 0 Å². The summed E-state index contributed by atoms with van der Waals surface area (Å²) in [6.07, 6.45) is 0.974. The highest BCUT2D eigenvalue weighted by molar-refractivity contribution is 5.82. The van der Waals surface area contributed by atoms with E-state index in [1.54, 1.807) is 0 Å². The van der Waals surface area contributed by atoms with Crippen LogP contribution in [0.4, 0.5) is 0 Å². The molecule has 1 N–H and O–H groups in total. The Labute approximate surface area is 144 Å². The molecule has 1 saturated heterocycles. The van der Waals surface area contributed by atoms with Gasteiger partial charge in [-0.2, -0.15) is 0 Å². The molecule has 4 heteroatoms. The fourth-order valence-electron chi connectivity index (χ4n) is 3.24. The number of nitrogens with one attached hydrogen (secondary N) is 1. The number of hydrogen-bond acceptors (Lipinski definition) is 3. The zero-order valence-electron chi connectivity index (χ0n) is 16.5. The highest BCUT2D eigenvalue weighted by Gasteiger charge is 2.35. The zero-order valence-corrected chi connectivity index (χ0v) is 16.5. The fourth-order valence-corrected chi connectivity index (χ4v) is 3.24. The fraction of sp³-hybridized carbons (Fsp3) is 0.947. The minimum absolute atomic E-state index is 0.245. The first kappa shape index (κ1) is 20.4. The molecular weight excluding hydrogens is 286 g/mol. The summed E-state index contributed by atoms with van der Waals surface area (Å²) in [5.41, 5.74) is -0.245. The Balaban J connectivity index is 2.42. The number of rotatable bonds is 8. The standard InChI is InChI=1S/C19H39N3O/c1-15(2)17(5)14-19(6,7)18(23)22-12-10-21(11-13-22)9-8-20-16(3)4/h15-17,20H,8-14H2,1-7H3. The van der Waals surface area contributed by atoms with E-state index < -0.39 is 0 Å². The number of nitrogens with zero attached hydrogens (tertiary/aromatic N) is 2. The van der Waals surface area contributed by atoms with Crippen molar-refractivity contribution in [1.82, 2.24) is 15.1 Å². The molecule has 0 aliphatic carbocycles. The van der Waals surface area contributed by atoms with E-state index >= 15 is 0 Å². The van der Waals surface area contributed by atoms with Crippen LogP contribution in [-0.4, -0.2) is 61.0 Å². The van der Waals surface area contributed by atoms with E-state index in [0.717, 1.165) is 45.7 Å². The third-order valence-corrected chi connectivity index (χ3v) is 5.19. The maximum Gasteiger partial charge on any atom is 0.228 e. The molecule has 0 radical (unpaired) electrons. The summed E-state index contributed by atoms with van der Waals surface area (Å²) in [6.45, 7) is 21.2. The summed E-state index contributed by atoms with van der Waals surface area (Å²) in [7, 11) is 0. The number of hydrogen-bond donors (Lipinski definition) is 1. The van der Waals surface area contributed by atoms with E-state index in [2.05, 4.69) is 63.6 Å². The predicted molar refractivity (Wildman–Crippen MR) is 98.6 cm³/mol. The summed E-state index contributed by atoms with van der Waals surface area (Å²) in [5.74, 6) is 1.55. The number of amides is 1. The van der Waals surface area contributed by atoms with Crippen LogP contribution < -0.4 is 5.32 Å². The Morgan fingerprint density at radius 1 is 1.04 bits per heavy atom. The molecule has 1 aliphatic rings. The van der Waals surface area contributed by atoms with E-state index in [0.29, 0.717) is 23.8 Å². The molecule has 136 valence electrons. The molecule has 1 amide bonds. The molecule has 23 heavy (non-hydrogen) atoms. The first-order valence-electron chi connectivity index (χ1n) is 9.38. The Morgan fingerprint density at radius 2 is 1.61 bits per heavy atom. The van der Waals surface area contributed by atoms with Gasteiger partial charge < -0.3 is 10.2 Å². The lowest BCUT2D eigenvalue weighted by Crippen LogP contribution is -2.53. The minimum atomic E-state index is -0.245. The van der Waals surface area contributed by atoms with Gasteiger partial charge in [-0.25, -0.2) is 0 Å². The predicted octanol–water partition coefficient (Wildman–Crippen LogP) is 2.84. The molecule has 0 saturated carbocycles. The van der Waals surface area contributed by atoms with Crippen molar-refractivity contribution in [3.63, 3.8) is 0 Å². The molecule has 0 bridgehead atoms. The van der Waals surface area contributed by atoms with Crippen molar-refractivity contribution in [2.24, 2.45) is 17.3 Å². The van der Waals surface area contributed by atoms with Crippen LogP contribution in [0.1, 0.15) is 54.9 Å². The van der Waals surface area contributed by atoms with Crippen LogP contribution in [0.3, 0.4) is 0 Å². The molecule has 1 aliphatic heterocycles. The molecule has 1 unspecified atom stereocenters. The van der Waals surface area contributed by atoms with Gasteiger partial charge in [0.05, 0.1) is 0 Å². The number of carbonyl (C=O) groups is 1. The molecular formula is C19H39N3O. The lowest BCUT2D eigenvalue weighted by atomic mass is 9.78. The summed E-state index contributed by atoms with van der Waals surface area (Å²) >= 11 is 0. The molecule has 0 spiro atoms. The summed E-state index contributed by atoms with van der Waals surface area (Å²) in [6, 6.07) is 0.543. The van der Waals surface area contributed by atoms with Gasteiger partial charge >= 0.3 is 0 Å². The van der Waals surface area contributed by atoms with Crippen molar-refractivity contribution in [3.8, 4) is 0 Å². The Morgan fingerprint density at radius 3 is 2.09 bits per heavy atom. The highest BCUT2D eigenvalue weighted by Crippen LogP contribution is 2.31. The number of piperazine rings is 1. The number of carbonyl (C=O) groups excluding carboxylic acids is 1. The maximum atomic E-state index is 12.9. The Kier molecular flexibility index (Phi) is 8.02. The molecule has 0 aromatic carbocycles. The second-order valence-electron chi connectivity index (χ2n) is 8.55. The molecule has 1 heterocycles. The van der Waals surface area contributed by atoms with Gasteiger partial charge in [-0.3, -0.25) is 9.69 Å². The van der Waals surface area contributed by atoms with Crippen LogP contribution in [0.15, 0.2) is 0 Å². The molecule has 1 fully saturated rings. The van der Waals surface area contributed by atoms with E-state index in [1.165, 1.54) is 0 Å².